The van der Waals surface area contributed by atoms with Gasteiger partial charge in [0, 0.05) is 19.0 Å². The van der Waals surface area contributed by atoms with Crippen molar-refractivity contribution in [3.63, 3.8) is 0 Å². The second-order valence-electron chi connectivity index (χ2n) is 6.40. The summed E-state index contributed by atoms with van der Waals surface area (Å²) in [6.07, 6.45) is 4.85. The van der Waals surface area contributed by atoms with Crippen molar-refractivity contribution in [1.29, 1.82) is 0 Å². The number of ether oxygens (including phenoxy) is 2. The molecule has 0 fully saturated rings. The predicted molar refractivity (Wildman–Crippen MR) is 118 cm³/mol. The molecule has 4 aromatic heterocycles. The maximum atomic E-state index is 12.8. The number of nitrogens with one attached hydrogen (secondary N) is 1. The van der Waals surface area contributed by atoms with Gasteiger partial charge in [0.25, 0.3) is 5.91 Å². The van der Waals surface area contributed by atoms with Crippen molar-refractivity contribution < 1.29 is 14.3 Å². The molecule has 0 bridgehead atoms. The molecule has 32 heavy (non-hydrogen) atoms. The number of amides is 1. The second-order valence-corrected chi connectivity index (χ2v) is 7.24. The highest BCUT2D eigenvalue weighted by molar-refractivity contribution is 6.32. The summed E-state index contributed by atoms with van der Waals surface area (Å²) in [5.41, 5.74) is 0.422. The monoisotopic (exact) mass is 473 g/mol. The summed E-state index contributed by atoms with van der Waals surface area (Å²) in [6, 6.07) is 6.62. The summed E-state index contributed by atoms with van der Waals surface area (Å²) in [4.78, 5) is 29.6. The molecule has 0 radical (unpaired) electrons. The van der Waals surface area contributed by atoms with Gasteiger partial charge in [0.05, 0.1) is 22.8 Å². The van der Waals surface area contributed by atoms with Gasteiger partial charge >= 0.3 is 0 Å². The van der Waals surface area contributed by atoms with E-state index in [-0.39, 0.29) is 12.5 Å². The molecule has 10 nitrogen and oxygen atoms in total. The quantitative estimate of drug-likeness (QED) is 0.413. The highest BCUT2D eigenvalue weighted by Gasteiger charge is 2.24. The lowest BCUT2D eigenvalue weighted by atomic mass is 10.3. The minimum atomic E-state index is -1.01. The van der Waals surface area contributed by atoms with Crippen LogP contribution in [-0.2, 0) is 9.53 Å². The van der Waals surface area contributed by atoms with Gasteiger partial charge in [0.2, 0.25) is 12.0 Å². The molecule has 1 N–H and O–H groups in total. The molecule has 0 aliphatic heterocycles. The molecular weight excluding hydrogens is 457 g/mol. The Balaban J connectivity index is 1.62. The first-order valence-corrected chi connectivity index (χ1v) is 10.3. The lowest BCUT2D eigenvalue weighted by Gasteiger charge is -2.18. The summed E-state index contributed by atoms with van der Waals surface area (Å²) in [6.45, 7) is 2.22. The van der Waals surface area contributed by atoms with E-state index in [0.717, 1.165) is 0 Å². The molecule has 164 valence electrons. The molecule has 4 heterocycles. The van der Waals surface area contributed by atoms with E-state index in [1.165, 1.54) is 23.4 Å². The number of hydrogen-bond donors (Lipinski definition) is 1. The fourth-order valence-corrected chi connectivity index (χ4v) is 3.10. The summed E-state index contributed by atoms with van der Waals surface area (Å²) >= 11 is 12.1. The Morgan fingerprint density at radius 3 is 2.78 bits per heavy atom. The van der Waals surface area contributed by atoms with E-state index in [9.17, 15) is 4.79 Å². The Kier molecular flexibility index (Phi) is 6.74. The van der Waals surface area contributed by atoms with Crippen molar-refractivity contribution in [2.75, 3.05) is 18.5 Å². The fourth-order valence-electron chi connectivity index (χ4n) is 2.78. The topological polar surface area (TPSA) is 117 Å². The van der Waals surface area contributed by atoms with Crippen LogP contribution in [-0.4, -0.2) is 54.9 Å². The Labute approximate surface area is 192 Å². The van der Waals surface area contributed by atoms with Crippen molar-refractivity contribution in [1.82, 2.24) is 29.7 Å². The normalized spacial score (nSPS) is 12.0. The minimum absolute atomic E-state index is 0.00161. The first kappa shape index (κ1) is 21.9. The standard InChI is InChI=1S/C20H17Cl2N7O3/c1-2-31-10-15(19(30)28-16-6-5-12(21)8-24-16)32-20-13-9-27-29(17(13)25-11-26-20)18-14(22)4-3-7-23-18/h3-9,11,15H,2,10H2,1H3,(H,24,28,30). The van der Waals surface area contributed by atoms with Gasteiger partial charge in [-0.1, -0.05) is 23.2 Å². The first-order chi connectivity index (χ1) is 15.6. The van der Waals surface area contributed by atoms with E-state index < -0.39 is 12.0 Å². The summed E-state index contributed by atoms with van der Waals surface area (Å²) < 4.78 is 12.8. The molecule has 1 amide bonds. The van der Waals surface area contributed by atoms with Crippen LogP contribution in [0, 0.1) is 0 Å². The van der Waals surface area contributed by atoms with E-state index in [1.807, 2.05) is 6.92 Å². The maximum Gasteiger partial charge on any atom is 0.269 e. The Morgan fingerprint density at radius 2 is 2.03 bits per heavy atom. The second kappa shape index (κ2) is 9.86. The SMILES string of the molecule is CCOCC(Oc1ncnc2c1cnn2-c1ncccc1Cl)C(=O)Nc1ccc(Cl)cn1. The van der Waals surface area contributed by atoms with E-state index in [4.69, 9.17) is 32.7 Å². The Hall–Kier alpha value is -3.34. The molecule has 0 saturated heterocycles. The number of pyridine rings is 2. The Morgan fingerprint density at radius 1 is 1.16 bits per heavy atom. The molecule has 0 aromatic carbocycles. The van der Waals surface area contributed by atoms with Crippen molar-refractivity contribution in [2.24, 2.45) is 0 Å². The Bertz CT molecular complexity index is 1230. The zero-order valence-corrected chi connectivity index (χ0v) is 18.3. The number of rotatable bonds is 8. The third-order valence-electron chi connectivity index (χ3n) is 4.27. The van der Waals surface area contributed by atoms with Crippen LogP contribution in [0.25, 0.3) is 16.9 Å². The van der Waals surface area contributed by atoms with Gasteiger partial charge in [-0.05, 0) is 31.2 Å². The van der Waals surface area contributed by atoms with Gasteiger partial charge in [-0.25, -0.2) is 19.9 Å². The number of hydrogen-bond acceptors (Lipinski definition) is 8. The lowest BCUT2D eigenvalue weighted by molar-refractivity contribution is -0.125. The molecule has 12 heteroatoms. The predicted octanol–water partition coefficient (Wildman–Crippen LogP) is 3.33. The average molecular weight is 474 g/mol. The number of nitrogens with zero attached hydrogens (tertiary/aromatic N) is 6. The minimum Gasteiger partial charge on any atom is -0.461 e. The molecule has 0 spiro atoms. The van der Waals surface area contributed by atoms with Gasteiger partial charge in [0.1, 0.15) is 17.5 Å². The first-order valence-electron chi connectivity index (χ1n) is 9.53. The summed E-state index contributed by atoms with van der Waals surface area (Å²) in [5.74, 6) is 0.443. The average Bonchev–Trinajstić information content (AvgIpc) is 3.23. The van der Waals surface area contributed by atoms with E-state index in [1.54, 1.807) is 30.5 Å². The number of carbonyl (C=O) groups is 1. The van der Waals surface area contributed by atoms with Crippen molar-refractivity contribution in [2.45, 2.75) is 13.0 Å². The number of fused-ring (bicyclic) bond motifs is 1. The highest BCUT2D eigenvalue weighted by atomic mass is 35.5. The number of halogens is 2. The molecule has 0 aliphatic carbocycles. The summed E-state index contributed by atoms with van der Waals surface area (Å²) in [5, 5.41) is 8.33. The molecule has 4 rings (SSSR count). The number of carbonyl (C=O) groups excluding carboxylic acids is 1. The van der Waals surface area contributed by atoms with Gasteiger partial charge in [0.15, 0.2) is 11.5 Å². The fraction of sp³-hybridized carbons (Fsp3) is 0.200. The van der Waals surface area contributed by atoms with Crippen LogP contribution >= 0.6 is 23.2 Å². The van der Waals surface area contributed by atoms with Crippen LogP contribution in [0.1, 0.15) is 6.92 Å². The van der Waals surface area contributed by atoms with Crippen molar-refractivity contribution in [3.8, 4) is 11.7 Å². The van der Waals surface area contributed by atoms with E-state index in [0.29, 0.717) is 39.3 Å². The molecule has 1 atom stereocenters. The molecule has 0 aliphatic rings. The van der Waals surface area contributed by atoms with Crippen LogP contribution in [0.2, 0.25) is 10.0 Å². The van der Waals surface area contributed by atoms with Gasteiger partial charge in [-0.2, -0.15) is 9.78 Å². The largest absolute Gasteiger partial charge is 0.461 e. The summed E-state index contributed by atoms with van der Waals surface area (Å²) in [7, 11) is 0. The van der Waals surface area contributed by atoms with Gasteiger partial charge < -0.3 is 14.8 Å². The molecular formula is C20H17Cl2N7O3. The lowest BCUT2D eigenvalue weighted by Crippen LogP contribution is -2.37. The molecule has 1 unspecified atom stereocenters. The zero-order chi connectivity index (χ0) is 22.5. The number of aromatic nitrogens is 6. The van der Waals surface area contributed by atoms with Gasteiger partial charge in [-0.3, -0.25) is 4.79 Å². The van der Waals surface area contributed by atoms with Crippen LogP contribution in [0.5, 0.6) is 5.88 Å². The number of anilines is 1. The third-order valence-corrected chi connectivity index (χ3v) is 4.79. The van der Waals surface area contributed by atoms with Crippen molar-refractivity contribution >= 4 is 46.0 Å². The van der Waals surface area contributed by atoms with Crippen molar-refractivity contribution in [3.05, 3.63) is 59.2 Å². The van der Waals surface area contributed by atoms with Gasteiger partial charge in [-0.15, -0.1) is 0 Å². The van der Waals surface area contributed by atoms with E-state index in [2.05, 4.69) is 30.4 Å². The molecule has 0 saturated carbocycles. The van der Waals surface area contributed by atoms with Crippen LogP contribution in [0.4, 0.5) is 5.82 Å². The van der Waals surface area contributed by atoms with Crippen LogP contribution < -0.4 is 10.1 Å². The maximum absolute atomic E-state index is 12.8. The smallest absolute Gasteiger partial charge is 0.269 e. The molecule has 4 aromatic rings. The van der Waals surface area contributed by atoms with Crippen LogP contribution in [0.15, 0.2) is 49.2 Å². The highest BCUT2D eigenvalue weighted by Crippen LogP contribution is 2.26. The third kappa shape index (κ3) is 4.77. The zero-order valence-electron chi connectivity index (χ0n) is 16.8. The van der Waals surface area contributed by atoms with Crippen LogP contribution in [0.3, 0.4) is 0 Å². The van der Waals surface area contributed by atoms with E-state index >= 15 is 0 Å².